The van der Waals surface area contributed by atoms with E-state index in [-0.39, 0.29) is 5.91 Å². The highest BCUT2D eigenvalue weighted by Gasteiger charge is 2.15. The van der Waals surface area contributed by atoms with Gasteiger partial charge in [0.2, 0.25) is 5.91 Å². The van der Waals surface area contributed by atoms with Crippen LogP contribution in [0, 0.1) is 0 Å². The van der Waals surface area contributed by atoms with Crippen molar-refractivity contribution in [3.05, 3.63) is 12.1 Å². The van der Waals surface area contributed by atoms with Gasteiger partial charge in [-0.05, 0) is 19.2 Å². The van der Waals surface area contributed by atoms with E-state index >= 15 is 0 Å². The molecule has 1 aromatic rings. The zero-order valence-electron chi connectivity index (χ0n) is 10.2. The highest BCUT2D eigenvalue weighted by molar-refractivity contribution is 5.87. The second kappa shape index (κ2) is 5.09. The maximum absolute atomic E-state index is 10.8. The molecule has 6 heteroatoms. The van der Waals surface area contributed by atoms with Crippen LogP contribution in [0.4, 0.5) is 11.6 Å². The number of carbonyl (C=O) groups is 1. The second-order valence-corrected chi connectivity index (χ2v) is 4.25. The molecule has 1 fully saturated rings. The Labute approximate surface area is 101 Å². The van der Waals surface area contributed by atoms with Crippen LogP contribution in [0.3, 0.4) is 0 Å². The molecule has 1 aliphatic heterocycles. The van der Waals surface area contributed by atoms with Crippen LogP contribution in [-0.4, -0.2) is 54.2 Å². The van der Waals surface area contributed by atoms with Crippen LogP contribution < -0.4 is 10.2 Å². The molecule has 2 heterocycles. The number of anilines is 2. The van der Waals surface area contributed by atoms with Crippen molar-refractivity contribution in [2.75, 3.05) is 43.4 Å². The van der Waals surface area contributed by atoms with E-state index in [9.17, 15) is 4.79 Å². The second-order valence-electron chi connectivity index (χ2n) is 4.25. The molecule has 2 rings (SSSR count). The average molecular weight is 235 g/mol. The molecule has 0 aliphatic carbocycles. The molecule has 0 spiro atoms. The van der Waals surface area contributed by atoms with E-state index in [0.29, 0.717) is 5.82 Å². The van der Waals surface area contributed by atoms with Gasteiger partial charge in [0.1, 0.15) is 0 Å². The fourth-order valence-corrected chi connectivity index (χ4v) is 1.78. The van der Waals surface area contributed by atoms with Crippen molar-refractivity contribution in [3.63, 3.8) is 0 Å². The normalized spacial score (nSPS) is 16.9. The molecule has 0 bridgehead atoms. The predicted octanol–water partition coefficient (Wildman–Crippen LogP) is 0.187. The Morgan fingerprint density at radius 3 is 2.47 bits per heavy atom. The van der Waals surface area contributed by atoms with Gasteiger partial charge in [0, 0.05) is 33.1 Å². The fourth-order valence-electron chi connectivity index (χ4n) is 1.78. The minimum atomic E-state index is -0.133. The van der Waals surface area contributed by atoms with Crippen LogP contribution >= 0.6 is 0 Å². The summed E-state index contributed by atoms with van der Waals surface area (Å²) in [6.45, 7) is 5.45. The van der Waals surface area contributed by atoms with Crippen molar-refractivity contribution < 1.29 is 4.79 Å². The smallest absolute Gasteiger partial charge is 0.222 e. The van der Waals surface area contributed by atoms with Crippen LogP contribution in [0.15, 0.2) is 12.1 Å². The number of nitrogens with zero attached hydrogens (tertiary/aromatic N) is 4. The van der Waals surface area contributed by atoms with Crippen molar-refractivity contribution in [2.24, 2.45) is 0 Å². The maximum atomic E-state index is 10.8. The number of aromatic nitrogens is 2. The van der Waals surface area contributed by atoms with Crippen molar-refractivity contribution in [2.45, 2.75) is 6.92 Å². The van der Waals surface area contributed by atoms with E-state index in [1.54, 1.807) is 6.07 Å². The van der Waals surface area contributed by atoms with Gasteiger partial charge in [-0.25, -0.2) is 0 Å². The molecule has 1 amide bonds. The van der Waals surface area contributed by atoms with Crippen molar-refractivity contribution in [3.8, 4) is 0 Å². The van der Waals surface area contributed by atoms with E-state index in [2.05, 4.69) is 32.4 Å². The SMILES string of the molecule is CC(=O)Nc1ccc(N2CCN(C)CC2)nn1. The molecule has 0 saturated carbocycles. The topological polar surface area (TPSA) is 61.4 Å². The minimum Gasteiger partial charge on any atom is -0.353 e. The number of rotatable bonds is 2. The third-order valence-electron chi connectivity index (χ3n) is 2.78. The Balaban J connectivity index is 2.00. The van der Waals surface area contributed by atoms with Gasteiger partial charge in [0.05, 0.1) is 0 Å². The molecule has 0 atom stereocenters. The van der Waals surface area contributed by atoms with Gasteiger partial charge >= 0.3 is 0 Å². The number of nitrogens with one attached hydrogen (secondary N) is 1. The summed E-state index contributed by atoms with van der Waals surface area (Å²) in [7, 11) is 2.11. The van der Waals surface area contributed by atoms with Crippen molar-refractivity contribution in [1.82, 2.24) is 15.1 Å². The maximum Gasteiger partial charge on any atom is 0.222 e. The summed E-state index contributed by atoms with van der Waals surface area (Å²) in [4.78, 5) is 15.3. The van der Waals surface area contributed by atoms with E-state index < -0.39 is 0 Å². The monoisotopic (exact) mass is 235 g/mol. The summed E-state index contributed by atoms with van der Waals surface area (Å²) in [5.41, 5.74) is 0. The molecule has 0 unspecified atom stereocenters. The van der Waals surface area contributed by atoms with E-state index in [1.165, 1.54) is 6.92 Å². The number of piperazine rings is 1. The standard InChI is InChI=1S/C11H17N5O/c1-9(17)12-10-3-4-11(14-13-10)16-7-5-15(2)6-8-16/h3-4H,5-8H2,1-2H3,(H,12,13,17). The molecule has 1 aromatic heterocycles. The van der Waals surface area contributed by atoms with E-state index in [4.69, 9.17) is 0 Å². The van der Waals surface area contributed by atoms with Crippen LogP contribution in [-0.2, 0) is 4.79 Å². The van der Waals surface area contributed by atoms with Gasteiger partial charge < -0.3 is 15.1 Å². The number of amides is 1. The van der Waals surface area contributed by atoms with Crippen LogP contribution in [0.1, 0.15) is 6.92 Å². The lowest BCUT2D eigenvalue weighted by Crippen LogP contribution is -2.44. The largest absolute Gasteiger partial charge is 0.353 e. The Hall–Kier alpha value is -1.69. The summed E-state index contributed by atoms with van der Waals surface area (Å²) in [6.07, 6.45) is 0. The first-order chi connectivity index (χ1) is 8.15. The number of carbonyl (C=O) groups excluding carboxylic acids is 1. The number of likely N-dealkylation sites (N-methyl/N-ethyl adjacent to an activating group) is 1. The molecule has 6 nitrogen and oxygen atoms in total. The highest BCUT2D eigenvalue weighted by atomic mass is 16.1. The average Bonchev–Trinajstić information content (AvgIpc) is 2.30. The number of hydrogen-bond acceptors (Lipinski definition) is 5. The van der Waals surface area contributed by atoms with Gasteiger partial charge in [-0.1, -0.05) is 0 Å². The minimum absolute atomic E-state index is 0.133. The zero-order chi connectivity index (χ0) is 12.3. The molecular weight excluding hydrogens is 218 g/mol. The fraction of sp³-hybridized carbons (Fsp3) is 0.545. The summed E-state index contributed by atoms with van der Waals surface area (Å²) in [6, 6.07) is 3.67. The van der Waals surface area contributed by atoms with Gasteiger partial charge in [-0.2, -0.15) is 0 Å². The van der Waals surface area contributed by atoms with Gasteiger partial charge in [0.25, 0.3) is 0 Å². The molecule has 17 heavy (non-hydrogen) atoms. The summed E-state index contributed by atoms with van der Waals surface area (Å²) in [5.74, 6) is 1.23. The molecule has 1 saturated heterocycles. The molecular formula is C11H17N5O. The summed E-state index contributed by atoms with van der Waals surface area (Å²) in [5, 5.41) is 10.7. The Bertz CT molecular complexity index is 383. The molecule has 0 aromatic carbocycles. The van der Waals surface area contributed by atoms with Crippen LogP contribution in [0.25, 0.3) is 0 Å². The van der Waals surface area contributed by atoms with E-state index in [0.717, 1.165) is 32.0 Å². The Kier molecular flexibility index (Phi) is 3.53. The quantitative estimate of drug-likeness (QED) is 0.792. The van der Waals surface area contributed by atoms with Gasteiger partial charge in [-0.15, -0.1) is 10.2 Å². The van der Waals surface area contributed by atoms with Gasteiger partial charge in [-0.3, -0.25) is 4.79 Å². The summed E-state index contributed by atoms with van der Waals surface area (Å²) < 4.78 is 0. The lowest BCUT2D eigenvalue weighted by atomic mass is 10.3. The molecule has 0 radical (unpaired) electrons. The Morgan fingerprint density at radius 2 is 1.94 bits per heavy atom. The van der Waals surface area contributed by atoms with Crippen molar-refractivity contribution in [1.29, 1.82) is 0 Å². The first-order valence-electron chi connectivity index (χ1n) is 5.70. The van der Waals surface area contributed by atoms with Crippen molar-refractivity contribution >= 4 is 17.5 Å². The lowest BCUT2D eigenvalue weighted by Gasteiger charge is -2.32. The predicted molar refractivity (Wildman–Crippen MR) is 66.0 cm³/mol. The zero-order valence-corrected chi connectivity index (χ0v) is 10.2. The van der Waals surface area contributed by atoms with Crippen LogP contribution in [0.2, 0.25) is 0 Å². The third kappa shape index (κ3) is 3.13. The third-order valence-corrected chi connectivity index (χ3v) is 2.78. The Morgan fingerprint density at radius 1 is 1.24 bits per heavy atom. The molecule has 1 aliphatic rings. The summed E-state index contributed by atoms with van der Waals surface area (Å²) >= 11 is 0. The molecule has 1 N–H and O–H groups in total. The first kappa shape index (κ1) is 11.8. The van der Waals surface area contributed by atoms with Gasteiger partial charge in [0.15, 0.2) is 11.6 Å². The number of hydrogen-bond donors (Lipinski definition) is 1. The molecule has 92 valence electrons. The lowest BCUT2D eigenvalue weighted by molar-refractivity contribution is -0.114. The highest BCUT2D eigenvalue weighted by Crippen LogP contribution is 2.13. The van der Waals surface area contributed by atoms with Crippen LogP contribution in [0.5, 0.6) is 0 Å². The first-order valence-corrected chi connectivity index (χ1v) is 5.70. The van der Waals surface area contributed by atoms with E-state index in [1.807, 2.05) is 6.07 Å².